The number of hydrogen-bond donors (Lipinski definition) is 0. The quantitative estimate of drug-likeness (QED) is 0.0799. The van der Waals surface area contributed by atoms with E-state index < -0.39 is 0 Å². The van der Waals surface area contributed by atoms with Gasteiger partial charge in [-0.1, -0.05) is 288 Å². The maximum absolute atomic E-state index is 6.19. The normalized spacial score (nSPS) is 12.6. The Balaban J connectivity index is 0.000000139. The van der Waals surface area contributed by atoms with Crippen LogP contribution in [0.15, 0.2) is 400 Å². The van der Waals surface area contributed by atoms with Crippen LogP contribution in [-0.4, -0.2) is 37.4 Å². The molecular formula is C102H86BIN6O2. The lowest BCUT2D eigenvalue weighted by atomic mass is 9.79. The van der Waals surface area contributed by atoms with E-state index >= 15 is 0 Å². The molecule has 1 saturated heterocycles. The lowest BCUT2D eigenvalue weighted by molar-refractivity contribution is 0.00578. The Morgan fingerprint density at radius 2 is 0.571 bits per heavy atom. The molecule has 3 heterocycles. The molecule has 0 unspecified atom stereocenters. The van der Waals surface area contributed by atoms with Crippen molar-refractivity contribution in [1.29, 1.82) is 0 Å². The van der Waals surface area contributed by atoms with E-state index in [4.69, 9.17) is 19.3 Å². The summed E-state index contributed by atoms with van der Waals surface area (Å²) in [7, 11) is -0.364. The Labute approximate surface area is 671 Å². The molecule has 19 rings (SSSR count). The van der Waals surface area contributed by atoms with Crippen molar-refractivity contribution < 1.29 is 9.31 Å². The molecule has 8 nitrogen and oxygen atoms in total. The van der Waals surface area contributed by atoms with E-state index in [1.165, 1.54) is 58.5 Å². The standard InChI is InChI=1S/C47H33N3.C28H20IN.C25H25BN2O2.2CH4/c1-4-16-38(17-5-1)49(39-18-6-2-7-19-39)41-32-30-35(31-33-41)43-23-13-15-36-14-12-22-42(46(36)43)34-26-28-37(29-27-34)47-48-44-24-10-11-25-45(44)50(47)40-20-8-3-9-21-40;29-27-16-8-10-22-9-7-15-26(28(22)27)21-17-19-25(20-18-21)30(23-11-3-1-4-12-23)24-13-5-2-6-14-24;1-24(2)25(3,4)30-26(29-24)19-16-14-18(15-17-19)23-27-21-12-8-9-13-22(21)28(23)20-10-6-5-7-11-20;;/h1-33H;1-20H;5-17H,1-4H3;2*1H4. The van der Waals surface area contributed by atoms with Crippen molar-refractivity contribution in [3.8, 4) is 67.5 Å². The number of fused-ring (bicyclic) bond motifs is 4. The first kappa shape index (κ1) is 74.7. The molecule has 112 heavy (non-hydrogen) atoms. The van der Waals surface area contributed by atoms with E-state index in [0.717, 1.165) is 95.8 Å². The number of halogens is 1. The van der Waals surface area contributed by atoms with Crippen molar-refractivity contribution in [1.82, 2.24) is 19.1 Å². The number of rotatable bonds is 14. The third-order valence-corrected chi connectivity index (χ3v) is 21.9. The van der Waals surface area contributed by atoms with Crippen LogP contribution in [0.3, 0.4) is 0 Å². The molecule has 1 fully saturated rings. The van der Waals surface area contributed by atoms with Crippen molar-refractivity contribution in [3.05, 3.63) is 404 Å². The summed E-state index contributed by atoms with van der Waals surface area (Å²) in [6.07, 6.45) is 0. The van der Waals surface area contributed by atoms with Crippen LogP contribution in [-0.2, 0) is 9.31 Å². The molecule has 0 aliphatic carbocycles. The summed E-state index contributed by atoms with van der Waals surface area (Å²) in [6.45, 7) is 8.29. The van der Waals surface area contributed by atoms with Gasteiger partial charge in [-0.05, 0) is 233 Å². The van der Waals surface area contributed by atoms with Crippen molar-refractivity contribution in [2.75, 3.05) is 9.80 Å². The van der Waals surface area contributed by atoms with Gasteiger partial charge in [0.05, 0.1) is 33.3 Å². The average Bonchev–Trinajstić information content (AvgIpc) is 1.60. The molecule has 18 aromatic rings. The third-order valence-electron chi connectivity index (χ3n) is 21.0. The summed E-state index contributed by atoms with van der Waals surface area (Å²) < 4.78 is 18.1. The predicted octanol–water partition coefficient (Wildman–Crippen LogP) is 27.5. The monoisotopic (exact) mass is 1560 g/mol. The van der Waals surface area contributed by atoms with Crippen LogP contribution in [0.5, 0.6) is 0 Å². The minimum absolute atomic E-state index is 0. The number of para-hydroxylation sites is 10. The van der Waals surface area contributed by atoms with Gasteiger partial charge in [0.1, 0.15) is 11.6 Å². The smallest absolute Gasteiger partial charge is 0.399 e. The summed E-state index contributed by atoms with van der Waals surface area (Å²) in [5.41, 5.74) is 22.9. The van der Waals surface area contributed by atoms with Gasteiger partial charge in [0.15, 0.2) is 0 Å². The van der Waals surface area contributed by atoms with Gasteiger partial charge in [-0.15, -0.1) is 0 Å². The first-order valence-electron chi connectivity index (χ1n) is 37.3. The van der Waals surface area contributed by atoms with Crippen molar-refractivity contribution in [2.45, 2.75) is 53.8 Å². The SMILES string of the molecule is C.C.CC1(C)OB(c2ccc(-c3nc4ccccc4n3-c3ccccc3)cc2)OC1(C)C.Ic1cccc2cccc(-c3ccc(N(c4ccccc4)c4ccccc4)cc3)c12.c1ccc(N(c2ccccc2)c2ccc(-c3cccc4cccc(-c5ccc(-c6nc7ccccc7n6-c6ccccc6)cc5)c34)cc2)cc1. The summed E-state index contributed by atoms with van der Waals surface area (Å²) >= 11 is 2.43. The molecular weight excluding hydrogens is 1480 g/mol. The molecule has 546 valence electrons. The van der Waals surface area contributed by atoms with Gasteiger partial charge in [0.2, 0.25) is 0 Å². The molecule has 2 aromatic heterocycles. The molecule has 0 atom stereocenters. The third kappa shape index (κ3) is 15.1. The Morgan fingerprint density at radius 3 is 0.946 bits per heavy atom. The topological polar surface area (TPSA) is 60.6 Å². The Morgan fingerprint density at radius 1 is 0.286 bits per heavy atom. The highest BCUT2D eigenvalue weighted by Gasteiger charge is 2.51. The minimum Gasteiger partial charge on any atom is -0.399 e. The predicted molar refractivity (Wildman–Crippen MR) is 482 cm³/mol. The van der Waals surface area contributed by atoms with Crippen molar-refractivity contribution in [3.63, 3.8) is 0 Å². The number of benzene rings is 16. The number of anilines is 6. The fraction of sp³-hybridized carbons (Fsp3) is 0.0784. The molecule has 0 radical (unpaired) electrons. The fourth-order valence-electron chi connectivity index (χ4n) is 14.8. The van der Waals surface area contributed by atoms with Crippen molar-refractivity contribution in [2.24, 2.45) is 0 Å². The molecule has 0 N–H and O–H groups in total. The highest BCUT2D eigenvalue weighted by molar-refractivity contribution is 14.1. The molecule has 0 amide bonds. The molecule has 1 aliphatic heterocycles. The Kier molecular flexibility index (Phi) is 21.9. The van der Waals surface area contributed by atoms with Gasteiger partial charge in [0, 0.05) is 65.6 Å². The van der Waals surface area contributed by atoms with E-state index in [0.29, 0.717) is 0 Å². The summed E-state index contributed by atoms with van der Waals surface area (Å²) in [5.74, 6) is 1.85. The maximum atomic E-state index is 6.19. The number of hydrogen-bond acceptors (Lipinski definition) is 6. The largest absolute Gasteiger partial charge is 0.494 e. The molecule has 0 saturated carbocycles. The van der Waals surface area contributed by atoms with Gasteiger partial charge < -0.3 is 19.1 Å². The first-order valence-corrected chi connectivity index (χ1v) is 38.4. The van der Waals surface area contributed by atoms with Crippen LogP contribution in [0.1, 0.15) is 42.5 Å². The second kappa shape index (κ2) is 32.9. The van der Waals surface area contributed by atoms with E-state index in [2.05, 4.69) is 445 Å². The fourth-order valence-corrected chi connectivity index (χ4v) is 15.6. The molecule has 10 heteroatoms. The van der Waals surface area contributed by atoms with Gasteiger partial charge in [0.25, 0.3) is 0 Å². The zero-order valence-corrected chi connectivity index (χ0v) is 63.7. The lowest BCUT2D eigenvalue weighted by Gasteiger charge is -2.32. The summed E-state index contributed by atoms with van der Waals surface area (Å²) in [4.78, 5) is 14.6. The van der Waals surface area contributed by atoms with E-state index in [9.17, 15) is 0 Å². The molecule has 16 aromatic carbocycles. The van der Waals surface area contributed by atoms with E-state index in [-0.39, 0.29) is 33.2 Å². The average molecular weight is 1570 g/mol. The molecule has 0 bridgehead atoms. The zero-order valence-electron chi connectivity index (χ0n) is 61.6. The Bertz CT molecular complexity index is 6100. The van der Waals surface area contributed by atoms with E-state index in [1.54, 1.807) is 0 Å². The molecule has 0 spiro atoms. The maximum Gasteiger partial charge on any atom is 0.494 e. The van der Waals surface area contributed by atoms with Crippen LogP contribution >= 0.6 is 22.6 Å². The molecule has 1 aliphatic rings. The number of aromatic nitrogens is 4. The first-order chi connectivity index (χ1) is 54.0. The van der Waals surface area contributed by atoms with Gasteiger partial charge in [-0.2, -0.15) is 0 Å². The lowest BCUT2D eigenvalue weighted by Crippen LogP contribution is -2.41. The highest BCUT2D eigenvalue weighted by Crippen LogP contribution is 2.43. The van der Waals surface area contributed by atoms with Crippen LogP contribution in [0.2, 0.25) is 0 Å². The van der Waals surface area contributed by atoms with Gasteiger partial charge in [-0.25, -0.2) is 9.97 Å². The number of imidazole rings is 2. The van der Waals surface area contributed by atoms with Crippen LogP contribution < -0.4 is 15.3 Å². The second-order valence-corrected chi connectivity index (χ2v) is 29.6. The van der Waals surface area contributed by atoms with Crippen LogP contribution in [0, 0.1) is 3.57 Å². The minimum atomic E-state index is -0.364. The van der Waals surface area contributed by atoms with Crippen LogP contribution in [0.25, 0.3) is 111 Å². The second-order valence-electron chi connectivity index (χ2n) is 28.4. The van der Waals surface area contributed by atoms with Gasteiger partial charge in [-0.3, -0.25) is 9.13 Å². The highest BCUT2D eigenvalue weighted by atomic mass is 127. The zero-order chi connectivity index (χ0) is 74.6. The van der Waals surface area contributed by atoms with Crippen molar-refractivity contribution >= 4 is 113 Å². The van der Waals surface area contributed by atoms with Crippen LogP contribution in [0.4, 0.5) is 34.1 Å². The van der Waals surface area contributed by atoms with Gasteiger partial charge >= 0.3 is 7.12 Å². The van der Waals surface area contributed by atoms with E-state index in [1.807, 2.05) is 24.3 Å². The Hall–Kier alpha value is -12.7. The summed E-state index contributed by atoms with van der Waals surface area (Å²) in [5, 5.41) is 5.05. The number of nitrogens with zero attached hydrogens (tertiary/aromatic N) is 6. The summed E-state index contributed by atoms with van der Waals surface area (Å²) in [6, 6.07) is 141.